The molecule has 1 aliphatic heterocycles. The molecular formula is C14H17N3O. The SMILES string of the molecule is CN(C)C(=O)CN1CCCc2cc(C#N)ccc21. The lowest BCUT2D eigenvalue weighted by atomic mass is 9.99. The zero-order valence-electron chi connectivity index (χ0n) is 10.8. The van der Waals surface area contributed by atoms with Crippen molar-refractivity contribution in [3.63, 3.8) is 0 Å². The van der Waals surface area contributed by atoms with Gasteiger partial charge in [0.05, 0.1) is 18.2 Å². The first-order chi connectivity index (χ1) is 8.61. The van der Waals surface area contributed by atoms with E-state index in [0.717, 1.165) is 25.1 Å². The van der Waals surface area contributed by atoms with Crippen LogP contribution in [0.15, 0.2) is 18.2 Å². The Morgan fingerprint density at radius 3 is 2.94 bits per heavy atom. The van der Waals surface area contributed by atoms with Crippen LogP contribution in [-0.2, 0) is 11.2 Å². The molecule has 1 heterocycles. The molecule has 0 aliphatic carbocycles. The second-order valence-electron chi connectivity index (χ2n) is 4.77. The van der Waals surface area contributed by atoms with Gasteiger partial charge in [-0.1, -0.05) is 0 Å². The molecule has 1 aromatic carbocycles. The average Bonchev–Trinajstić information content (AvgIpc) is 2.38. The van der Waals surface area contributed by atoms with Crippen LogP contribution in [-0.4, -0.2) is 38.0 Å². The van der Waals surface area contributed by atoms with Crippen LogP contribution in [0.3, 0.4) is 0 Å². The van der Waals surface area contributed by atoms with Gasteiger partial charge in [-0.15, -0.1) is 0 Å². The molecule has 4 nitrogen and oxygen atoms in total. The van der Waals surface area contributed by atoms with E-state index < -0.39 is 0 Å². The zero-order chi connectivity index (χ0) is 13.1. The van der Waals surface area contributed by atoms with Crippen molar-refractivity contribution >= 4 is 11.6 Å². The number of benzene rings is 1. The number of nitriles is 1. The van der Waals surface area contributed by atoms with E-state index in [2.05, 4.69) is 11.0 Å². The number of aryl methyl sites for hydroxylation is 1. The topological polar surface area (TPSA) is 47.3 Å². The maximum Gasteiger partial charge on any atom is 0.241 e. The molecule has 0 saturated heterocycles. The lowest BCUT2D eigenvalue weighted by Crippen LogP contribution is -2.39. The molecule has 0 fully saturated rings. The van der Waals surface area contributed by atoms with Crippen LogP contribution in [0.25, 0.3) is 0 Å². The Morgan fingerprint density at radius 1 is 1.50 bits per heavy atom. The summed E-state index contributed by atoms with van der Waals surface area (Å²) in [5.74, 6) is 0.104. The van der Waals surface area contributed by atoms with Gasteiger partial charge < -0.3 is 9.80 Å². The van der Waals surface area contributed by atoms with Gasteiger partial charge in [0.15, 0.2) is 0 Å². The molecule has 0 radical (unpaired) electrons. The monoisotopic (exact) mass is 243 g/mol. The van der Waals surface area contributed by atoms with Crippen LogP contribution in [0, 0.1) is 11.3 Å². The Balaban J connectivity index is 2.23. The third-order valence-corrected chi connectivity index (χ3v) is 3.25. The first-order valence-corrected chi connectivity index (χ1v) is 6.10. The molecule has 0 aromatic heterocycles. The van der Waals surface area contributed by atoms with Crippen LogP contribution in [0.1, 0.15) is 17.5 Å². The molecule has 1 aromatic rings. The second-order valence-corrected chi connectivity index (χ2v) is 4.77. The Hall–Kier alpha value is -2.02. The standard InChI is InChI=1S/C14H17N3O/c1-16(2)14(18)10-17-7-3-4-12-8-11(9-15)5-6-13(12)17/h5-6,8H,3-4,7,10H2,1-2H3. The Morgan fingerprint density at radius 2 is 2.28 bits per heavy atom. The van der Waals surface area contributed by atoms with Gasteiger partial charge in [-0.25, -0.2) is 0 Å². The molecule has 94 valence electrons. The first-order valence-electron chi connectivity index (χ1n) is 6.10. The molecule has 2 rings (SSSR count). The van der Waals surface area contributed by atoms with Gasteiger partial charge in [-0.05, 0) is 36.6 Å². The molecule has 1 amide bonds. The largest absolute Gasteiger partial charge is 0.362 e. The van der Waals surface area contributed by atoms with Crippen LogP contribution in [0.2, 0.25) is 0 Å². The summed E-state index contributed by atoms with van der Waals surface area (Å²) in [7, 11) is 3.54. The Bertz CT molecular complexity index is 502. The molecule has 0 saturated carbocycles. The van der Waals surface area contributed by atoms with Crippen molar-refractivity contribution in [2.24, 2.45) is 0 Å². The summed E-state index contributed by atoms with van der Waals surface area (Å²) in [5.41, 5.74) is 2.96. The number of anilines is 1. The third kappa shape index (κ3) is 2.45. The van der Waals surface area contributed by atoms with Crippen LogP contribution in [0.5, 0.6) is 0 Å². The minimum atomic E-state index is 0.104. The van der Waals surface area contributed by atoms with E-state index in [1.807, 2.05) is 18.2 Å². The normalized spacial score (nSPS) is 13.7. The maximum absolute atomic E-state index is 11.8. The highest BCUT2D eigenvalue weighted by Crippen LogP contribution is 2.27. The van der Waals surface area contributed by atoms with Gasteiger partial charge in [-0.3, -0.25) is 4.79 Å². The van der Waals surface area contributed by atoms with Crippen LogP contribution < -0.4 is 4.90 Å². The number of carbonyl (C=O) groups is 1. The minimum absolute atomic E-state index is 0.104. The second kappa shape index (κ2) is 5.09. The molecule has 0 N–H and O–H groups in total. The van der Waals surface area contributed by atoms with Crippen molar-refractivity contribution in [3.05, 3.63) is 29.3 Å². The third-order valence-electron chi connectivity index (χ3n) is 3.25. The molecule has 4 heteroatoms. The van der Waals surface area contributed by atoms with Crippen molar-refractivity contribution < 1.29 is 4.79 Å². The molecule has 0 unspecified atom stereocenters. The summed E-state index contributed by atoms with van der Waals surface area (Å²) in [6.07, 6.45) is 2.01. The highest BCUT2D eigenvalue weighted by Gasteiger charge is 2.19. The Labute approximate surface area is 107 Å². The number of hydrogen-bond donors (Lipinski definition) is 0. The van der Waals surface area contributed by atoms with Crippen molar-refractivity contribution in [3.8, 4) is 6.07 Å². The summed E-state index contributed by atoms with van der Waals surface area (Å²) in [6.45, 7) is 1.31. The van der Waals surface area contributed by atoms with E-state index in [4.69, 9.17) is 5.26 Å². The molecular weight excluding hydrogens is 226 g/mol. The maximum atomic E-state index is 11.8. The predicted octanol–water partition coefficient (Wildman–Crippen LogP) is 1.40. The quantitative estimate of drug-likeness (QED) is 0.788. The van der Waals surface area contributed by atoms with Gasteiger partial charge in [0.25, 0.3) is 0 Å². The predicted molar refractivity (Wildman–Crippen MR) is 70.4 cm³/mol. The number of fused-ring (bicyclic) bond motifs is 1. The number of nitrogens with zero attached hydrogens (tertiary/aromatic N) is 3. The fraction of sp³-hybridized carbons (Fsp3) is 0.429. The van der Waals surface area contributed by atoms with E-state index in [-0.39, 0.29) is 5.91 Å². The van der Waals surface area contributed by atoms with Crippen molar-refractivity contribution in [1.29, 1.82) is 5.26 Å². The number of likely N-dealkylation sites (N-methyl/N-ethyl adjacent to an activating group) is 1. The zero-order valence-corrected chi connectivity index (χ0v) is 10.8. The summed E-state index contributed by atoms with van der Waals surface area (Å²) < 4.78 is 0. The highest BCUT2D eigenvalue weighted by atomic mass is 16.2. The van der Waals surface area contributed by atoms with Crippen molar-refractivity contribution in [2.75, 3.05) is 32.1 Å². The van der Waals surface area contributed by atoms with Crippen molar-refractivity contribution in [2.45, 2.75) is 12.8 Å². The molecule has 0 bridgehead atoms. The van der Waals surface area contributed by atoms with E-state index in [9.17, 15) is 4.79 Å². The van der Waals surface area contributed by atoms with Crippen LogP contribution >= 0.6 is 0 Å². The summed E-state index contributed by atoms with van der Waals surface area (Å²) in [6, 6.07) is 7.86. The van der Waals surface area contributed by atoms with Crippen molar-refractivity contribution in [1.82, 2.24) is 4.90 Å². The Kier molecular flexibility index (Phi) is 3.52. The number of hydrogen-bond acceptors (Lipinski definition) is 3. The van der Waals surface area contributed by atoms with E-state index in [0.29, 0.717) is 12.1 Å². The van der Waals surface area contributed by atoms with Gasteiger partial charge in [0.2, 0.25) is 5.91 Å². The van der Waals surface area contributed by atoms with E-state index in [1.165, 1.54) is 5.56 Å². The molecule has 1 aliphatic rings. The molecule has 0 spiro atoms. The fourth-order valence-electron chi connectivity index (χ4n) is 2.21. The smallest absolute Gasteiger partial charge is 0.241 e. The number of carbonyl (C=O) groups excluding carboxylic acids is 1. The van der Waals surface area contributed by atoms with Gasteiger partial charge in [0, 0.05) is 26.3 Å². The van der Waals surface area contributed by atoms with Crippen LogP contribution in [0.4, 0.5) is 5.69 Å². The average molecular weight is 243 g/mol. The lowest BCUT2D eigenvalue weighted by Gasteiger charge is -2.31. The lowest BCUT2D eigenvalue weighted by molar-refractivity contribution is -0.127. The summed E-state index contributed by atoms with van der Waals surface area (Å²) in [5, 5.41) is 8.90. The van der Waals surface area contributed by atoms with Gasteiger partial charge in [0.1, 0.15) is 0 Å². The summed E-state index contributed by atoms with van der Waals surface area (Å²) >= 11 is 0. The summed E-state index contributed by atoms with van der Waals surface area (Å²) in [4.78, 5) is 15.5. The molecule has 0 atom stereocenters. The number of rotatable bonds is 2. The first kappa shape index (κ1) is 12.4. The highest BCUT2D eigenvalue weighted by molar-refractivity contribution is 5.81. The number of amides is 1. The van der Waals surface area contributed by atoms with Gasteiger partial charge in [-0.2, -0.15) is 5.26 Å². The van der Waals surface area contributed by atoms with Gasteiger partial charge >= 0.3 is 0 Å². The van der Waals surface area contributed by atoms with E-state index in [1.54, 1.807) is 19.0 Å². The minimum Gasteiger partial charge on any atom is -0.362 e. The molecule has 18 heavy (non-hydrogen) atoms. The van der Waals surface area contributed by atoms with E-state index >= 15 is 0 Å². The fourth-order valence-corrected chi connectivity index (χ4v) is 2.21.